The van der Waals surface area contributed by atoms with Gasteiger partial charge in [-0.25, -0.2) is 13.2 Å². The third-order valence-electron chi connectivity index (χ3n) is 17.5. The van der Waals surface area contributed by atoms with Crippen molar-refractivity contribution < 1.29 is 43.6 Å². The van der Waals surface area contributed by atoms with Gasteiger partial charge in [0, 0.05) is 39.4 Å². The van der Waals surface area contributed by atoms with Crippen LogP contribution in [0.15, 0.2) is 487 Å². The second-order valence-electron chi connectivity index (χ2n) is 26.1. The minimum absolute atomic E-state index is 0. The number of rotatable bonds is 14. The number of hydrogen-bond donors (Lipinski definition) is 2. The third-order valence-corrected chi connectivity index (χ3v) is 30.9. The van der Waals surface area contributed by atoms with Crippen molar-refractivity contribution in [1.29, 1.82) is 0 Å². The summed E-state index contributed by atoms with van der Waals surface area (Å²) in [6.45, 7) is 3.91. The van der Waals surface area contributed by atoms with Crippen molar-refractivity contribution in [1.82, 2.24) is 0 Å². The zero-order valence-electron chi connectivity index (χ0n) is 65.3. The summed E-state index contributed by atoms with van der Waals surface area (Å²) >= 11 is 11.6. The maximum atomic E-state index is 13.6. The van der Waals surface area contributed by atoms with E-state index >= 15 is 0 Å². The molecule has 17 aromatic carbocycles. The maximum Gasteiger partial charge on any atom is 0.488 e. The Hall–Kier alpha value is -8.93. The molecule has 2 N–H and O–H groups in total. The van der Waals surface area contributed by atoms with Crippen molar-refractivity contribution in [3.05, 3.63) is 519 Å². The normalized spacial score (nSPS) is 10.2. The van der Waals surface area contributed by atoms with E-state index in [1.807, 2.05) is 78.9 Å². The molecule has 596 valence electrons. The molecule has 0 amide bonds. The Morgan fingerprint density at radius 1 is 0.252 bits per heavy atom. The Morgan fingerprint density at radius 2 is 0.487 bits per heavy atom. The van der Waals surface area contributed by atoms with Gasteiger partial charge in [0.2, 0.25) is 0 Å². The molecule has 0 aliphatic heterocycles. The first-order chi connectivity index (χ1) is 57.7. The topological polar surface area (TPSA) is 40.5 Å². The summed E-state index contributed by atoms with van der Waals surface area (Å²) in [5.74, 6) is -0.584. The van der Waals surface area contributed by atoms with E-state index in [0.29, 0.717) is 14.6 Å². The molecule has 0 fully saturated rings. The third kappa shape index (κ3) is 30.9. The summed E-state index contributed by atoms with van der Waals surface area (Å²) < 4.78 is 41.3. The van der Waals surface area contributed by atoms with E-state index in [0.717, 1.165) is 30.1 Å². The monoisotopic (exact) mass is 2030 g/mol. The first-order valence-electron chi connectivity index (χ1n) is 37.9. The summed E-state index contributed by atoms with van der Waals surface area (Å²) in [6.07, 6.45) is 0. The molecule has 0 aliphatic rings. The second kappa shape index (κ2) is 52.3. The molecule has 0 saturated heterocycles. The molecule has 0 radical (unpaired) electrons. The number of benzene rings is 17. The van der Waals surface area contributed by atoms with Crippen LogP contribution in [0.25, 0.3) is 11.1 Å². The number of halogens is 7. The summed E-state index contributed by atoms with van der Waals surface area (Å²) in [4.78, 5) is 0. The van der Waals surface area contributed by atoms with Gasteiger partial charge < -0.3 is 10.0 Å². The fraction of sp³-hybridized carbons (Fsp3) is 0.0192. The summed E-state index contributed by atoms with van der Waals surface area (Å²) in [5, 5.41) is 34.2. The van der Waals surface area contributed by atoms with Crippen LogP contribution in [0, 0.1) is 34.9 Å². The van der Waals surface area contributed by atoms with Crippen LogP contribution in [0.3, 0.4) is 0 Å². The molecular formula is C104H86BBr3F3IO2P4Pd. The average molecular weight is 2030 g/mol. The van der Waals surface area contributed by atoms with E-state index in [1.54, 1.807) is 42.5 Å². The zero-order valence-corrected chi connectivity index (χ0v) is 77.3. The molecule has 17 rings (SSSR count). The van der Waals surface area contributed by atoms with Gasteiger partial charge in [0.05, 0.1) is 3.57 Å². The minimum Gasteiger partial charge on any atom is -0.423 e. The van der Waals surface area contributed by atoms with Crippen LogP contribution in [0.1, 0.15) is 11.1 Å². The van der Waals surface area contributed by atoms with Gasteiger partial charge in [0.1, 0.15) is 17.5 Å². The van der Waals surface area contributed by atoms with E-state index in [9.17, 15) is 13.2 Å². The van der Waals surface area contributed by atoms with Gasteiger partial charge in [0.25, 0.3) is 0 Å². The average Bonchev–Trinajstić information content (AvgIpc) is 0.832. The van der Waals surface area contributed by atoms with Crippen LogP contribution in [0.2, 0.25) is 0 Å². The largest absolute Gasteiger partial charge is 0.488 e. The summed E-state index contributed by atoms with van der Waals surface area (Å²) in [7, 11) is -3.13. The van der Waals surface area contributed by atoms with E-state index < -0.39 is 38.8 Å². The predicted octanol–water partition coefficient (Wildman–Crippen LogP) is 23.8. The molecule has 119 heavy (non-hydrogen) atoms. The first-order valence-corrected chi connectivity index (χ1v) is 46.8. The van der Waals surface area contributed by atoms with E-state index in [2.05, 4.69) is 412 Å². The molecule has 0 saturated carbocycles. The fourth-order valence-electron chi connectivity index (χ4n) is 12.1. The summed E-state index contributed by atoms with van der Waals surface area (Å²) in [5.41, 5.74) is 4.23. The van der Waals surface area contributed by atoms with E-state index in [-0.39, 0.29) is 37.9 Å². The van der Waals surface area contributed by atoms with Crippen LogP contribution >= 0.6 is 102 Å². The van der Waals surface area contributed by atoms with Crippen molar-refractivity contribution in [2.45, 2.75) is 13.8 Å². The van der Waals surface area contributed by atoms with Gasteiger partial charge >= 0.3 is 7.12 Å². The van der Waals surface area contributed by atoms with Crippen LogP contribution in [0.4, 0.5) is 13.2 Å². The zero-order chi connectivity index (χ0) is 82.9. The smallest absolute Gasteiger partial charge is 0.423 e. The van der Waals surface area contributed by atoms with Crippen LogP contribution in [-0.4, -0.2) is 17.2 Å². The Bertz CT molecular complexity index is 4780. The molecule has 0 spiro atoms. The second-order valence-corrected chi connectivity index (χ2v) is 38.7. The quantitative estimate of drug-likeness (QED) is 0.0493. The molecule has 0 heterocycles. The summed E-state index contributed by atoms with van der Waals surface area (Å²) in [6, 6.07) is 160. The van der Waals surface area contributed by atoms with Crippen molar-refractivity contribution in [3.8, 4) is 11.1 Å². The van der Waals surface area contributed by atoms with Gasteiger partial charge in [-0.3, -0.25) is 0 Å². The van der Waals surface area contributed by atoms with Crippen LogP contribution in [-0.2, 0) is 20.4 Å². The molecule has 0 bridgehead atoms. The predicted molar refractivity (Wildman–Crippen MR) is 527 cm³/mol. The fourth-order valence-corrected chi connectivity index (χ4v) is 22.9. The Labute approximate surface area is 758 Å². The molecule has 0 atom stereocenters. The van der Waals surface area contributed by atoms with Gasteiger partial charge in [-0.05, 0) is 201 Å². The molecule has 0 aliphatic carbocycles. The molecule has 0 unspecified atom stereocenters. The molecule has 2 nitrogen and oxygen atoms in total. The Balaban J connectivity index is 0.000000157. The van der Waals surface area contributed by atoms with Crippen molar-refractivity contribution in [2.24, 2.45) is 0 Å². The van der Waals surface area contributed by atoms with E-state index in [4.69, 9.17) is 10.0 Å². The van der Waals surface area contributed by atoms with Crippen molar-refractivity contribution >= 4 is 178 Å². The molecular weight excluding hydrogens is 1950 g/mol. The van der Waals surface area contributed by atoms with Crippen molar-refractivity contribution in [3.63, 3.8) is 0 Å². The maximum absolute atomic E-state index is 13.6. The Kier molecular flexibility index (Phi) is 41.3. The molecule has 17 aromatic rings. The molecule has 15 heteroatoms. The van der Waals surface area contributed by atoms with Crippen molar-refractivity contribution in [2.75, 3.05) is 0 Å². The van der Waals surface area contributed by atoms with Gasteiger partial charge in [-0.2, -0.15) is 0 Å². The van der Waals surface area contributed by atoms with Crippen LogP contribution in [0.5, 0.6) is 0 Å². The first kappa shape index (κ1) is 93.9. The number of hydrogen-bond acceptors (Lipinski definition) is 2. The van der Waals surface area contributed by atoms with E-state index in [1.165, 1.54) is 87.9 Å². The SMILES string of the molecule is Cc1cccc(-c2c(F)cccc2Br)c1.Cc1cccc(B(O)O)c1.Fc1cccc(Br)c1.Fc1cccc(Br)c1I.[Pd].c1ccc(P(c2ccccc2)c2ccccc2)cc1.c1ccc(P(c2ccccc2)c2ccccc2)cc1.c1ccc(P(c2ccccc2)c2ccccc2)cc1.c1ccc(P(c2ccccc2)c2ccccc2)cc1. The van der Waals surface area contributed by atoms with Gasteiger partial charge in [0.15, 0.2) is 0 Å². The Morgan fingerprint density at radius 3 is 0.689 bits per heavy atom. The van der Waals surface area contributed by atoms with Crippen LogP contribution < -0.4 is 69.1 Å². The van der Waals surface area contributed by atoms with Gasteiger partial charge in [-0.1, -0.05) is 474 Å². The minimum atomic E-state index is -1.35. The van der Waals surface area contributed by atoms with Gasteiger partial charge in [-0.15, -0.1) is 0 Å². The molecule has 0 aromatic heterocycles. The number of aryl methyl sites for hydroxylation is 2. The standard InChI is InChI=1S/4C18H15P.C13H10BrF.C7H9BO2.C6H3BrFI.C6H4BrF.Pd/c4*1-4-10-16(11-5-1)19(17-12-6-2-7-13-17)18-14-8-3-9-15-18;1-9-4-2-5-10(8-9)13-11(14)6-3-7-12(13)15;1-6-3-2-4-7(5-6)8(9)10;7-4-2-1-3-5(8)6(4)9;7-5-2-1-3-6(8)4-5;/h4*1-15H;2-8H,1H3;2-5,9-10H,1H3;1-3H;1-4H;.